The van der Waals surface area contributed by atoms with Gasteiger partial charge in [0, 0.05) is 5.69 Å². The first-order chi connectivity index (χ1) is 8.00. The molecular formula is C12H15ClN4. The Morgan fingerprint density at radius 2 is 1.24 bits per heavy atom. The quantitative estimate of drug-likeness (QED) is 0.539. The topological polar surface area (TPSA) is 104 Å². The second-order valence-electron chi connectivity index (χ2n) is 3.41. The van der Waals surface area contributed by atoms with Crippen molar-refractivity contribution in [3.05, 3.63) is 47.5 Å². The first-order valence-corrected chi connectivity index (χ1v) is 5.29. The van der Waals surface area contributed by atoms with E-state index in [0.717, 1.165) is 0 Å². The Balaban J connectivity index is 0.000000171. The molecular weight excluding hydrogens is 236 g/mol. The molecule has 0 saturated heterocycles. The Kier molecular flexibility index (Phi) is 4.48. The molecule has 5 heteroatoms. The maximum atomic E-state index is 5.61. The number of benzene rings is 2. The highest BCUT2D eigenvalue weighted by Crippen LogP contribution is 2.20. The van der Waals surface area contributed by atoms with Gasteiger partial charge in [-0.3, -0.25) is 0 Å². The van der Waals surface area contributed by atoms with Crippen LogP contribution in [0.25, 0.3) is 0 Å². The number of rotatable bonds is 0. The number of nitrogen functional groups attached to an aromatic ring is 4. The first kappa shape index (κ1) is 13.0. The predicted molar refractivity (Wildman–Crippen MR) is 75.5 cm³/mol. The van der Waals surface area contributed by atoms with E-state index in [0.29, 0.717) is 27.8 Å². The number of anilines is 4. The summed E-state index contributed by atoms with van der Waals surface area (Å²) in [6.45, 7) is 0. The van der Waals surface area contributed by atoms with Crippen LogP contribution in [0.5, 0.6) is 0 Å². The fraction of sp³-hybridized carbons (Fsp3) is 0. The minimum atomic E-state index is 0.509. The lowest BCUT2D eigenvalue weighted by Crippen LogP contribution is -1.91. The molecule has 2 aromatic carbocycles. The Labute approximate surface area is 105 Å². The van der Waals surface area contributed by atoms with Crippen LogP contribution in [0.2, 0.25) is 5.02 Å². The summed E-state index contributed by atoms with van der Waals surface area (Å²) < 4.78 is 0. The summed E-state index contributed by atoms with van der Waals surface area (Å²) in [5.41, 5.74) is 24.1. The summed E-state index contributed by atoms with van der Waals surface area (Å²) in [6.07, 6.45) is 0. The maximum absolute atomic E-state index is 5.61. The zero-order valence-electron chi connectivity index (χ0n) is 9.23. The van der Waals surface area contributed by atoms with Crippen LogP contribution in [-0.4, -0.2) is 0 Å². The van der Waals surface area contributed by atoms with Gasteiger partial charge in [-0.15, -0.1) is 0 Å². The SMILES string of the molecule is Nc1ccc(N)c(Cl)c1.Nc1ccccc1N. The number of hydrogen-bond acceptors (Lipinski definition) is 4. The van der Waals surface area contributed by atoms with E-state index in [1.54, 1.807) is 30.3 Å². The summed E-state index contributed by atoms with van der Waals surface area (Å²) in [7, 11) is 0. The van der Waals surface area contributed by atoms with Gasteiger partial charge >= 0.3 is 0 Å². The molecule has 0 bridgehead atoms. The van der Waals surface area contributed by atoms with E-state index in [2.05, 4.69) is 0 Å². The monoisotopic (exact) mass is 250 g/mol. The van der Waals surface area contributed by atoms with Gasteiger partial charge in [-0.1, -0.05) is 23.7 Å². The third-order valence-electron chi connectivity index (χ3n) is 2.02. The van der Waals surface area contributed by atoms with E-state index in [9.17, 15) is 0 Å². The fourth-order valence-corrected chi connectivity index (χ4v) is 1.24. The standard InChI is InChI=1S/C6H7ClN2.C6H8N2/c7-5-3-4(8)1-2-6(5)9;7-5-3-1-2-4-6(5)8/h1-3H,8-9H2;1-4H,7-8H2. The van der Waals surface area contributed by atoms with Gasteiger partial charge in [0.05, 0.1) is 22.1 Å². The van der Waals surface area contributed by atoms with E-state index in [-0.39, 0.29) is 0 Å². The van der Waals surface area contributed by atoms with Crippen molar-refractivity contribution in [1.82, 2.24) is 0 Å². The highest BCUT2D eigenvalue weighted by atomic mass is 35.5. The molecule has 0 spiro atoms. The van der Waals surface area contributed by atoms with Crippen LogP contribution in [0.4, 0.5) is 22.7 Å². The van der Waals surface area contributed by atoms with Crippen LogP contribution in [0, 0.1) is 0 Å². The molecule has 0 amide bonds. The minimum Gasteiger partial charge on any atom is -0.399 e. The lowest BCUT2D eigenvalue weighted by atomic mass is 10.3. The zero-order valence-corrected chi connectivity index (χ0v) is 9.98. The van der Waals surface area contributed by atoms with Crippen molar-refractivity contribution >= 4 is 34.4 Å². The summed E-state index contributed by atoms with van der Waals surface area (Å²) in [4.78, 5) is 0. The molecule has 0 aromatic heterocycles. The van der Waals surface area contributed by atoms with Crippen molar-refractivity contribution in [3.8, 4) is 0 Å². The molecule has 0 unspecified atom stereocenters. The van der Waals surface area contributed by atoms with E-state index in [4.69, 9.17) is 34.5 Å². The molecule has 2 aromatic rings. The van der Waals surface area contributed by atoms with Crippen molar-refractivity contribution < 1.29 is 0 Å². The molecule has 17 heavy (non-hydrogen) atoms. The van der Waals surface area contributed by atoms with Crippen LogP contribution < -0.4 is 22.9 Å². The lowest BCUT2D eigenvalue weighted by Gasteiger charge is -1.96. The van der Waals surface area contributed by atoms with Gasteiger partial charge in [-0.25, -0.2) is 0 Å². The maximum Gasteiger partial charge on any atom is 0.0655 e. The van der Waals surface area contributed by atoms with E-state index in [1.165, 1.54) is 0 Å². The number of nitrogens with two attached hydrogens (primary N) is 4. The van der Waals surface area contributed by atoms with Crippen molar-refractivity contribution in [2.24, 2.45) is 0 Å². The molecule has 0 atom stereocenters. The molecule has 2 rings (SSSR count). The van der Waals surface area contributed by atoms with Crippen LogP contribution >= 0.6 is 11.6 Å². The lowest BCUT2D eigenvalue weighted by molar-refractivity contribution is 1.66. The Morgan fingerprint density at radius 3 is 1.59 bits per heavy atom. The number of hydrogen-bond donors (Lipinski definition) is 4. The third-order valence-corrected chi connectivity index (χ3v) is 2.35. The highest BCUT2D eigenvalue weighted by molar-refractivity contribution is 6.33. The van der Waals surface area contributed by atoms with E-state index >= 15 is 0 Å². The zero-order chi connectivity index (χ0) is 12.8. The smallest absolute Gasteiger partial charge is 0.0655 e. The van der Waals surface area contributed by atoms with Crippen LogP contribution in [0.15, 0.2) is 42.5 Å². The number of halogens is 1. The summed E-state index contributed by atoms with van der Waals surface area (Å²) >= 11 is 5.61. The van der Waals surface area contributed by atoms with Crippen molar-refractivity contribution in [3.63, 3.8) is 0 Å². The van der Waals surface area contributed by atoms with Crippen LogP contribution in [0.1, 0.15) is 0 Å². The molecule has 0 heterocycles. The van der Waals surface area contributed by atoms with Gasteiger partial charge in [0.25, 0.3) is 0 Å². The minimum absolute atomic E-state index is 0.509. The van der Waals surface area contributed by atoms with E-state index < -0.39 is 0 Å². The van der Waals surface area contributed by atoms with Crippen molar-refractivity contribution in [2.45, 2.75) is 0 Å². The molecule has 0 aliphatic heterocycles. The van der Waals surface area contributed by atoms with E-state index in [1.807, 2.05) is 12.1 Å². The molecule has 0 aliphatic carbocycles. The average molecular weight is 251 g/mol. The molecule has 90 valence electrons. The second-order valence-corrected chi connectivity index (χ2v) is 3.82. The normalized spacial score (nSPS) is 9.24. The summed E-state index contributed by atoms with van der Waals surface area (Å²) in [5, 5.41) is 0.509. The van der Waals surface area contributed by atoms with Gasteiger partial charge < -0.3 is 22.9 Å². The molecule has 0 radical (unpaired) electrons. The molecule has 4 nitrogen and oxygen atoms in total. The second kappa shape index (κ2) is 5.86. The number of para-hydroxylation sites is 2. The Morgan fingerprint density at radius 1 is 0.706 bits per heavy atom. The molecule has 0 aliphatic rings. The summed E-state index contributed by atoms with van der Waals surface area (Å²) in [5.74, 6) is 0. The van der Waals surface area contributed by atoms with Crippen molar-refractivity contribution in [2.75, 3.05) is 22.9 Å². The largest absolute Gasteiger partial charge is 0.399 e. The van der Waals surface area contributed by atoms with Crippen LogP contribution in [-0.2, 0) is 0 Å². The van der Waals surface area contributed by atoms with Gasteiger partial charge in [0.1, 0.15) is 0 Å². The first-order valence-electron chi connectivity index (χ1n) is 4.91. The summed E-state index contributed by atoms with van der Waals surface area (Å²) in [6, 6.07) is 12.3. The Bertz CT molecular complexity index is 479. The fourth-order valence-electron chi connectivity index (χ4n) is 1.05. The molecule has 0 saturated carbocycles. The molecule has 8 N–H and O–H groups in total. The Hall–Kier alpha value is -2.07. The predicted octanol–water partition coefficient (Wildman–Crippen LogP) is 2.36. The van der Waals surface area contributed by atoms with Gasteiger partial charge in [0.2, 0.25) is 0 Å². The average Bonchev–Trinajstić information content (AvgIpc) is 2.29. The van der Waals surface area contributed by atoms with Gasteiger partial charge in [-0.05, 0) is 30.3 Å². The van der Waals surface area contributed by atoms with Crippen molar-refractivity contribution in [1.29, 1.82) is 0 Å². The van der Waals surface area contributed by atoms with Gasteiger partial charge in [0.15, 0.2) is 0 Å². The van der Waals surface area contributed by atoms with Gasteiger partial charge in [-0.2, -0.15) is 0 Å². The van der Waals surface area contributed by atoms with Crippen LogP contribution in [0.3, 0.4) is 0 Å². The highest BCUT2D eigenvalue weighted by Gasteiger charge is 1.92. The molecule has 0 fully saturated rings. The third kappa shape index (κ3) is 4.12.